The number of anilines is 1. The van der Waals surface area contributed by atoms with Crippen molar-refractivity contribution >= 4 is 11.9 Å². The normalized spacial score (nSPS) is 10.7. The zero-order chi connectivity index (χ0) is 16.2. The van der Waals surface area contributed by atoms with Crippen LogP contribution in [0.5, 0.6) is 0 Å². The van der Waals surface area contributed by atoms with E-state index in [0.29, 0.717) is 12.2 Å². The Labute approximate surface area is 131 Å². The molecule has 2 aromatic heterocycles. The number of nitrogens with zero attached hydrogens (tertiary/aromatic N) is 3. The summed E-state index contributed by atoms with van der Waals surface area (Å²) < 4.78 is 13.2. The maximum atomic E-state index is 13.2. The van der Waals surface area contributed by atoms with Crippen LogP contribution >= 0.6 is 0 Å². The third-order valence-corrected chi connectivity index (χ3v) is 3.26. The Morgan fingerprint density at radius 1 is 1.26 bits per heavy atom. The van der Waals surface area contributed by atoms with Crippen molar-refractivity contribution < 1.29 is 9.18 Å². The van der Waals surface area contributed by atoms with Gasteiger partial charge in [-0.3, -0.25) is 20.3 Å². The number of carbonyl (C=O) groups is 1. The monoisotopic (exact) mass is 314 g/mol. The molecule has 8 heteroatoms. The van der Waals surface area contributed by atoms with Crippen LogP contribution in [0.3, 0.4) is 0 Å². The number of benzene rings is 1. The molecule has 0 aliphatic heterocycles. The van der Waals surface area contributed by atoms with Crippen LogP contribution in [0.2, 0.25) is 0 Å². The van der Waals surface area contributed by atoms with E-state index in [4.69, 9.17) is 0 Å². The summed E-state index contributed by atoms with van der Waals surface area (Å²) in [6.45, 7) is 1.96. The number of carbonyl (C=O) groups excluding carboxylic acids is 1. The summed E-state index contributed by atoms with van der Waals surface area (Å²) >= 11 is 0. The minimum absolute atomic E-state index is 0.155. The van der Waals surface area contributed by atoms with Crippen LogP contribution in [0.15, 0.2) is 30.3 Å². The summed E-state index contributed by atoms with van der Waals surface area (Å²) in [5.41, 5.74) is 1.91. The molecule has 1 aromatic carbocycles. The van der Waals surface area contributed by atoms with Gasteiger partial charge in [-0.15, -0.1) is 5.10 Å². The van der Waals surface area contributed by atoms with Crippen LogP contribution < -0.4 is 5.32 Å². The number of aryl methyl sites for hydroxylation is 1. The number of nitrogens with one attached hydrogen (secondary N) is 3. The number of amides is 1. The van der Waals surface area contributed by atoms with Gasteiger partial charge in [0, 0.05) is 12.1 Å². The van der Waals surface area contributed by atoms with E-state index < -0.39 is 5.91 Å². The van der Waals surface area contributed by atoms with E-state index in [1.54, 1.807) is 18.2 Å². The first kappa shape index (κ1) is 14.9. The van der Waals surface area contributed by atoms with Crippen molar-refractivity contribution in [2.75, 3.05) is 5.32 Å². The molecule has 0 saturated carbocycles. The lowest BCUT2D eigenvalue weighted by Gasteiger charge is -1.97. The summed E-state index contributed by atoms with van der Waals surface area (Å²) in [7, 11) is 0. The number of halogens is 1. The molecule has 0 aliphatic carbocycles. The van der Waals surface area contributed by atoms with Crippen molar-refractivity contribution in [1.29, 1.82) is 0 Å². The predicted octanol–water partition coefficient (Wildman–Crippen LogP) is 2.07. The van der Waals surface area contributed by atoms with Crippen LogP contribution in [0.4, 0.5) is 10.3 Å². The molecule has 2 heterocycles. The summed E-state index contributed by atoms with van der Waals surface area (Å²) in [6.07, 6.45) is 1.15. The Hall–Kier alpha value is -3.03. The first-order valence-electron chi connectivity index (χ1n) is 7.15. The molecule has 1 amide bonds. The van der Waals surface area contributed by atoms with Gasteiger partial charge in [-0.25, -0.2) is 4.39 Å². The van der Waals surface area contributed by atoms with E-state index in [-0.39, 0.29) is 17.5 Å². The van der Waals surface area contributed by atoms with E-state index in [1.165, 1.54) is 12.1 Å². The first-order chi connectivity index (χ1) is 11.1. The van der Waals surface area contributed by atoms with E-state index in [2.05, 4.69) is 30.7 Å². The fraction of sp³-hybridized carbons (Fsp3) is 0.200. The molecule has 3 aromatic rings. The molecule has 3 rings (SSSR count). The number of aromatic amines is 2. The smallest absolute Gasteiger partial charge is 0.278 e. The lowest BCUT2D eigenvalue weighted by molar-refractivity contribution is 0.102. The summed E-state index contributed by atoms with van der Waals surface area (Å²) in [5, 5.41) is 15.9. The van der Waals surface area contributed by atoms with Crippen LogP contribution in [-0.2, 0) is 12.8 Å². The number of hydrogen-bond donors (Lipinski definition) is 3. The van der Waals surface area contributed by atoms with Crippen LogP contribution in [0, 0.1) is 5.82 Å². The molecule has 0 saturated heterocycles. The fourth-order valence-corrected chi connectivity index (χ4v) is 2.10. The average molecular weight is 314 g/mol. The summed E-state index contributed by atoms with van der Waals surface area (Å²) in [4.78, 5) is 16.2. The highest BCUT2D eigenvalue weighted by molar-refractivity contribution is 6.01. The predicted molar refractivity (Wildman–Crippen MR) is 81.5 cm³/mol. The van der Waals surface area contributed by atoms with Gasteiger partial charge < -0.3 is 0 Å². The SMILES string of the molecule is CCc1cc(C(=O)Nc2n[nH]c(Cc3cccc(F)c3)n2)n[nH]1. The van der Waals surface area contributed by atoms with Gasteiger partial charge in [0.05, 0.1) is 0 Å². The molecule has 23 heavy (non-hydrogen) atoms. The Morgan fingerprint density at radius 2 is 2.13 bits per heavy atom. The van der Waals surface area contributed by atoms with Gasteiger partial charge >= 0.3 is 0 Å². The fourth-order valence-electron chi connectivity index (χ4n) is 2.10. The van der Waals surface area contributed by atoms with E-state index in [9.17, 15) is 9.18 Å². The quantitative estimate of drug-likeness (QED) is 0.671. The van der Waals surface area contributed by atoms with Crippen molar-refractivity contribution in [3.05, 3.63) is 58.9 Å². The van der Waals surface area contributed by atoms with Gasteiger partial charge in [0.25, 0.3) is 5.91 Å². The standard InChI is InChI=1S/C15H15FN6O/c1-2-11-8-12(20-19-11)14(23)18-15-17-13(21-22-15)7-9-4-3-5-10(16)6-9/h3-6,8H,2,7H2,1H3,(H,19,20)(H2,17,18,21,22,23). The number of rotatable bonds is 5. The van der Waals surface area contributed by atoms with Crippen molar-refractivity contribution in [3.8, 4) is 0 Å². The Morgan fingerprint density at radius 3 is 2.87 bits per heavy atom. The van der Waals surface area contributed by atoms with E-state index in [1.807, 2.05) is 6.92 Å². The minimum atomic E-state index is -0.391. The first-order valence-corrected chi connectivity index (χ1v) is 7.15. The third-order valence-electron chi connectivity index (χ3n) is 3.26. The molecule has 0 atom stereocenters. The van der Waals surface area contributed by atoms with Gasteiger partial charge in [0.2, 0.25) is 5.95 Å². The van der Waals surface area contributed by atoms with Gasteiger partial charge in [0.15, 0.2) is 5.69 Å². The third kappa shape index (κ3) is 3.60. The maximum absolute atomic E-state index is 13.2. The van der Waals surface area contributed by atoms with E-state index in [0.717, 1.165) is 17.7 Å². The minimum Gasteiger partial charge on any atom is -0.288 e. The molecule has 3 N–H and O–H groups in total. The molecular formula is C15H15FN6O. The number of hydrogen-bond acceptors (Lipinski definition) is 4. The second-order valence-corrected chi connectivity index (χ2v) is 5.00. The zero-order valence-corrected chi connectivity index (χ0v) is 12.4. The molecule has 0 fully saturated rings. The Kier molecular flexibility index (Phi) is 4.13. The highest BCUT2D eigenvalue weighted by Gasteiger charge is 2.13. The number of H-pyrrole nitrogens is 2. The second kappa shape index (κ2) is 6.39. The van der Waals surface area contributed by atoms with Crippen molar-refractivity contribution in [2.45, 2.75) is 19.8 Å². The zero-order valence-electron chi connectivity index (χ0n) is 12.4. The van der Waals surface area contributed by atoms with Gasteiger partial charge in [-0.1, -0.05) is 19.1 Å². The topological polar surface area (TPSA) is 99.3 Å². The molecule has 0 bridgehead atoms. The maximum Gasteiger partial charge on any atom is 0.278 e. The molecule has 118 valence electrons. The molecule has 0 aliphatic rings. The Bertz CT molecular complexity index is 825. The van der Waals surface area contributed by atoms with Crippen LogP contribution in [0.1, 0.15) is 34.5 Å². The lowest BCUT2D eigenvalue weighted by Crippen LogP contribution is -2.13. The molecular weight excluding hydrogens is 299 g/mol. The van der Waals surface area contributed by atoms with Crippen molar-refractivity contribution in [2.24, 2.45) is 0 Å². The van der Waals surface area contributed by atoms with Crippen LogP contribution in [0.25, 0.3) is 0 Å². The molecule has 0 radical (unpaired) electrons. The second-order valence-electron chi connectivity index (χ2n) is 5.00. The van der Waals surface area contributed by atoms with Crippen LogP contribution in [-0.4, -0.2) is 31.3 Å². The van der Waals surface area contributed by atoms with Crippen molar-refractivity contribution in [3.63, 3.8) is 0 Å². The highest BCUT2D eigenvalue weighted by atomic mass is 19.1. The largest absolute Gasteiger partial charge is 0.288 e. The van der Waals surface area contributed by atoms with Gasteiger partial charge in [0.1, 0.15) is 11.6 Å². The number of aromatic nitrogens is 5. The van der Waals surface area contributed by atoms with Crippen molar-refractivity contribution in [1.82, 2.24) is 25.4 Å². The molecule has 0 spiro atoms. The summed E-state index contributed by atoms with van der Waals surface area (Å²) in [5.74, 6) is -0.0114. The van der Waals surface area contributed by atoms with E-state index >= 15 is 0 Å². The highest BCUT2D eigenvalue weighted by Crippen LogP contribution is 2.10. The van der Waals surface area contributed by atoms with Gasteiger partial charge in [-0.05, 0) is 30.2 Å². The molecule has 0 unspecified atom stereocenters. The van der Waals surface area contributed by atoms with Gasteiger partial charge in [-0.2, -0.15) is 10.1 Å². The Balaban J connectivity index is 1.66. The average Bonchev–Trinajstić information content (AvgIpc) is 3.16. The lowest BCUT2D eigenvalue weighted by atomic mass is 10.1. The molecule has 7 nitrogen and oxygen atoms in total. The summed E-state index contributed by atoms with van der Waals surface area (Å²) in [6, 6.07) is 7.91.